The van der Waals surface area contributed by atoms with E-state index >= 15 is 0 Å². The zero-order valence-corrected chi connectivity index (χ0v) is 13.4. The number of alkyl halides is 2. The molecule has 1 aliphatic carbocycles. The molecule has 1 aliphatic heterocycles. The van der Waals surface area contributed by atoms with Gasteiger partial charge in [0.05, 0.1) is 6.54 Å². The van der Waals surface area contributed by atoms with E-state index in [1.165, 1.54) is 0 Å². The third-order valence-electron chi connectivity index (χ3n) is 4.85. The van der Waals surface area contributed by atoms with Gasteiger partial charge in [-0.25, -0.2) is 18.7 Å². The highest BCUT2D eigenvalue weighted by Crippen LogP contribution is 2.36. The lowest BCUT2D eigenvalue weighted by Gasteiger charge is -2.29. The highest BCUT2D eigenvalue weighted by molar-refractivity contribution is 5.78. The molecule has 0 spiro atoms. The number of nitrogens with one attached hydrogen (secondary N) is 1. The molecule has 1 aromatic rings. The molecule has 0 bridgehead atoms. The van der Waals surface area contributed by atoms with Crippen molar-refractivity contribution in [2.45, 2.75) is 43.6 Å². The number of carbonyl (C=O) groups excluding carboxylic acids is 1. The van der Waals surface area contributed by atoms with Crippen LogP contribution >= 0.6 is 0 Å². The van der Waals surface area contributed by atoms with Gasteiger partial charge >= 0.3 is 0 Å². The van der Waals surface area contributed by atoms with Crippen molar-refractivity contribution in [1.29, 1.82) is 0 Å². The fourth-order valence-electron chi connectivity index (χ4n) is 3.32. The molecule has 2 aliphatic rings. The smallest absolute Gasteiger partial charge is 0.248 e. The normalized spacial score (nSPS) is 27.2. The molecule has 132 valence electrons. The van der Waals surface area contributed by atoms with E-state index in [9.17, 15) is 18.7 Å². The molecule has 2 N–H and O–H groups in total. The molecule has 8 heteroatoms. The summed E-state index contributed by atoms with van der Waals surface area (Å²) in [5.41, 5.74) is -1.05. The summed E-state index contributed by atoms with van der Waals surface area (Å²) in [6.07, 6.45) is 3.68. The van der Waals surface area contributed by atoms with Gasteiger partial charge in [-0.05, 0) is 25.3 Å². The van der Waals surface area contributed by atoms with Crippen LogP contribution in [0.15, 0.2) is 18.5 Å². The number of nitrogens with zero attached hydrogens (tertiary/aromatic N) is 3. The Kier molecular flexibility index (Phi) is 4.67. The van der Waals surface area contributed by atoms with E-state index in [0.717, 1.165) is 0 Å². The van der Waals surface area contributed by atoms with Crippen LogP contribution in [0.25, 0.3) is 0 Å². The SMILES string of the molecule is O=C(NC[C@@]1(O)CCN(c2ncccn2)C1)C1CCC(F)(F)CC1. The molecule has 0 aromatic carbocycles. The number of hydrogen-bond donors (Lipinski definition) is 2. The molecule has 1 saturated heterocycles. The van der Waals surface area contributed by atoms with Gasteiger partial charge in [0.2, 0.25) is 17.8 Å². The summed E-state index contributed by atoms with van der Waals surface area (Å²) < 4.78 is 26.3. The molecule has 1 aromatic heterocycles. The highest BCUT2D eigenvalue weighted by Gasteiger charge is 2.40. The summed E-state index contributed by atoms with van der Waals surface area (Å²) in [6.45, 7) is 1.05. The minimum Gasteiger partial charge on any atom is -0.386 e. The van der Waals surface area contributed by atoms with Crippen molar-refractivity contribution in [3.05, 3.63) is 18.5 Å². The van der Waals surface area contributed by atoms with Crippen LogP contribution in [0, 0.1) is 5.92 Å². The van der Waals surface area contributed by atoms with E-state index in [-0.39, 0.29) is 44.1 Å². The number of β-amino-alcohol motifs (C(OH)–C–C–N with tert-alkyl or cyclic N) is 1. The van der Waals surface area contributed by atoms with E-state index in [1.54, 1.807) is 18.5 Å². The Balaban J connectivity index is 1.49. The molecule has 2 heterocycles. The number of halogens is 2. The van der Waals surface area contributed by atoms with Crippen LogP contribution < -0.4 is 10.2 Å². The minimum atomic E-state index is -2.64. The lowest BCUT2D eigenvalue weighted by atomic mass is 9.86. The topological polar surface area (TPSA) is 78.4 Å². The van der Waals surface area contributed by atoms with Gasteiger partial charge in [0.1, 0.15) is 5.60 Å². The molecule has 0 radical (unpaired) electrons. The average molecular weight is 340 g/mol. The fourth-order valence-corrected chi connectivity index (χ4v) is 3.32. The second kappa shape index (κ2) is 6.58. The van der Waals surface area contributed by atoms with Gasteiger partial charge in [0, 0.05) is 44.2 Å². The third-order valence-corrected chi connectivity index (χ3v) is 4.85. The first-order valence-electron chi connectivity index (χ1n) is 8.27. The summed E-state index contributed by atoms with van der Waals surface area (Å²) in [7, 11) is 0. The molecule has 2 fully saturated rings. The van der Waals surface area contributed by atoms with Crippen molar-refractivity contribution in [2.75, 3.05) is 24.5 Å². The number of carbonyl (C=O) groups is 1. The second-order valence-corrected chi connectivity index (χ2v) is 6.79. The van der Waals surface area contributed by atoms with Gasteiger partial charge in [-0.1, -0.05) is 0 Å². The van der Waals surface area contributed by atoms with Crippen LogP contribution in [0.1, 0.15) is 32.1 Å². The van der Waals surface area contributed by atoms with Crippen molar-refractivity contribution in [3.8, 4) is 0 Å². The van der Waals surface area contributed by atoms with E-state index in [4.69, 9.17) is 0 Å². The van der Waals surface area contributed by atoms with Gasteiger partial charge in [-0.3, -0.25) is 4.79 Å². The quantitative estimate of drug-likeness (QED) is 0.865. The van der Waals surface area contributed by atoms with Crippen molar-refractivity contribution in [3.63, 3.8) is 0 Å². The van der Waals surface area contributed by atoms with E-state index in [1.807, 2.05) is 4.90 Å². The maximum absolute atomic E-state index is 13.1. The molecule has 3 rings (SSSR count). The molecule has 1 saturated carbocycles. The minimum absolute atomic E-state index is 0.113. The molecule has 0 unspecified atom stereocenters. The van der Waals surface area contributed by atoms with Crippen molar-refractivity contribution < 1.29 is 18.7 Å². The number of hydrogen-bond acceptors (Lipinski definition) is 5. The van der Waals surface area contributed by atoms with E-state index in [2.05, 4.69) is 15.3 Å². The molecule has 24 heavy (non-hydrogen) atoms. The summed E-state index contributed by atoms with van der Waals surface area (Å²) in [5, 5.41) is 13.4. The van der Waals surface area contributed by atoms with Gasteiger partial charge in [-0.2, -0.15) is 0 Å². The largest absolute Gasteiger partial charge is 0.386 e. The molecular formula is C16H22F2N4O2. The van der Waals surface area contributed by atoms with Crippen LogP contribution in [-0.2, 0) is 4.79 Å². The first-order chi connectivity index (χ1) is 11.4. The molecule has 1 amide bonds. The summed E-state index contributed by atoms with van der Waals surface area (Å²) in [5.74, 6) is -2.72. The Morgan fingerprint density at radius 1 is 1.29 bits per heavy atom. The monoisotopic (exact) mass is 340 g/mol. The number of rotatable bonds is 4. The first kappa shape index (κ1) is 17.0. The maximum Gasteiger partial charge on any atom is 0.248 e. The number of amides is 1. The summed E-state index contributed by atoms with van der Waals surface area (Å²) >= 11 is 0. The Morgan fingerprint density at radius 3 is 2.62 bits per heavy atom. The van der Waals surface area contributed by atoms with Crippen molar-refractivity contribution in [1.82, 2.24) is 15.3 Å². The summed E-state index contributed by atoms with van der Waals surface area (Å²) in [6, 6.07) is 1.72. The third kappa shape index (κ3) is 3.98. The fraction of sp³-hybridized carbons (Fsp3) is 0.688. The van der Waals surface area contributed by atoms with Crippen molar-refractivity contribution in [2.24, 2.45) is 5.92 Å². The van der Waals surface area contributed by atoms with Crippen LogP contribution in [0.3, 0.4) is 0 Å². The van der Waals surface area contributed by atoms with E-state index in [0.29, 0.717) is 25.5 Å². The standard InChI is InChI=1S/C16H22F2N4O2/c17-16(18)4-2-12(3-5-16)13(23)21-10-15(24)6-9-22(11-15)14-19-7-1-8-20-14/h1,7-8,12,24H,2-6,9-11H2,(H,21,23)/t15-/m0/s1. The predicted octanol–water partition coefficient (Wildman–Crippen LogP) is 1.36. The zero-order valence-electron chi connectivity index (χ0n) is 13.4. The highest BCUT2D eigenvalue weighted by atomic mass is 19.3. The summed E-state index contributed by atoms with van der Waals surface area (Å²) in [4.78, 5) is 22.3. The van der Waals surface area contributed by atoms with Crippen LogP contribution in [0.2, 0.25) is 0 Å². The Hall–Kier alpha value is -1.83. The van der Waals surface area contributed by atoms with Gasteiger partial charge < -0.3 is 15.3 Å². The van der Waals surface area contributed by atoms with Gasteiger partial charge in [0.15, 0.2) is 0 Å². The number of aliphatic hydroxyl groups is 1. The Labute approximate surface area is 139 Å². The first-order valence-corrected chi connectivity index (χ1v) is 8.27. The molecule has 1 atom stereocenters. The van der Waals surface area contributed by atoms with Crippen molar-refractivity contribution >= 4 is 11.9 Å². The van der Waals surface area contributed by atoms with Gasteiger partial charge in [-0.15, -0.1) is 0 Å². The maximum atomic E-state index is 13.1. The Bertz CT molecular complexity index is 577. The molecular weight excluding hydrogens is 318 g/mol. The second-order valence-electron chi connectivity index (χ2n) is 6.79. The average Bonchev–Trinajstić information content (AvgIpc) is 2.96. The van der Waals surface area contributed by atoms with E-state index < -0.39 is 11.5 Å². The lowest BCUT2D eigenvalue weighted by molar-refractivity contribution is -0.130. The zero-order chi connectivity index (χ0) is 17.2. The van der Waals surface area contributed by atoms with Crippen LogP contribution in [0.4, 0.5) is 14.7 Å². The molecule has 6 nitrogen and oxygen atoms in total. The van der Waals surface area contributed by atoms with Gasteiger partial charge in [0.25, 0.3) is 0 Å². The van der Waals surface area contributed by atoms with Crippen LogP contribution in [-0.4, -0.2) is 52.1 Å². The number of aromatic nitrogens is 2. The Morgan fingerprint density at radius 2 is 1.96 bits per heavy atom. The number of anilines is 1. The lowest BCUT2D eigenvalue weighted by Crippen LogP contribution is -2.47. The predicted molar refractivity (Wildman–Crippen MR) is 83.7 cm³/mol. The van der Waals surface area contributed by atoms with Crippen LogP contribution in [0.5, 0.6) is 0 Å².